The van der Waals surface area contributed by atoms with E-state index in [0.29, 0.717) is 6.54 Å². The van der Waals surface area contributed by atoms with Gasteiger partial charge in [-0.1, -0.05) is 23.9 Å². The number of carbonyl (C=O) groups is 1. The van der Waals surface area contributed by atoms with E-state index in [1.165, 1.54) is 12.1 Å². The number of benzene rings is 2. The first-order chi connectivity index (χ1) is 9.67. The van der Waals surface area contributed by atoms with Crippen molar-refractivity contribution < 1.29 is 9.18 Å². The molecule has 5 heteroatoms. The van der Waals surface area contributed by atoms with Crippen molar-refractivity contribution in [2.24, 2.45) is 0 Å². The third-order valence-corrected chi connectivity index (χ3v) is 3.67. The number of hydrogen-bond acceptors (Lipinski definition) is 2. The summed E-state index contributed by atoms with van der Waals surface area (Å²) in [7, 11) is 1.58. The molecule has 3 nitrogen and oxygen atoms in total. The van der Waals surface area contributed by atoms with Crippen LogP contribution < -0.4 is 10.6 Å². The lowest BCUT2D eigenvalue weighted by Gasteiger charge is -2.06. The van der Waals surface area contributed by atoms with Crippen molar-refractivity contribution in [3.8, 4) is 0 Å². The van der Waals surface area contributed by atoms with Crippen LogP contribution in [0.2, 0.25) is 0 Å². The van der Waals surface area contributed by atoms with E-state index in [9.17, 15) is 9.18 Å². The molecule has 2 aromatic rings. The highest BCUT2D eigenvalue weighted by Crippen LogP contribution is 2.27. The van der Waals surface area contributed by atoms with E-state index in [1.54, 1.807) is 30.9 Å². The molecule has 2 rings (SSSR count). The predicted octanol–water partition coefficient (Wildman–Crippen LogP) is 3.41. The monoisotopic (exact) mass is 290 g/mol. The summed E-state index contributed by atoms with van der Waals surface area (Å²) in [6, 6.07) is 14.1. The first kappa shape index (κ1) is 14.4. The first-order valence-corrected chi connectivity index (χ1v) is 6.97. The van der Waals surface area contributed by atoms with Gasteiger partial charge in [0.2, 0.25) is 0 Å². The van der Waals surface area contributed by atoms with Crippen molar-refractivity contribution in [2.45, 2.75) is 16.3 Å². The van der Waals surface area contributed by atoms with Gasteiger partial charge in [0.1, 0.15) is 5.82 Å². The molecule has 0 heterocycles. The van der Waals surface area contributed by atoms with Gasteiger partial charge in [0, 0.05) is 23.4 Å². The Hall–Kier alpha value is -2.01. The van der Waals surface area contributed by atoms with Crippen molar-refractivity contribution in [1.29, 1.82) is 0 Å². The van der Waals surface area contributed by atoms with Crippen LogP contribution >= 0.6 is 11.8 Å². The minimum absolute atomic E-state index is 0.199. The van der Waals surface area contributed by atoms with Crippen molar-refractivity contribution in [3.63, 3.8) is 0 Å². The molecule has 0 aromatic heterocycles. The minimum Gasteiger partial charge on any atom is -0.341 e. The van der Waals surface area contributed by atoms with Crippen LogP contribution in [0.4, 0.5) is 9.18 Å². The molecule has 0 aliphatic carbocycles. The van der Waals surface area contributed by atoms with Gasteiger partial charge in [-0.2, -0.15) is 0 Å². The number of hydrogen-bond donors (Lipinski definition) is 2. The molecule has 0 bridgehead atoms. The Kier molecular flexibility index (Phi) is 5.01. The van der Waals surface area contributed by atoms with Gasteiger partial charge in [-0.15, -0.1) is 0 Å². The van der Waals surface area contributed by atoms with E-state index >= 15 is 0 Å². The molecule has 0 aliphatic rings. The second kappa shape index (κ2) is 6.96. The van der Waals surface area contributed by atoms with Gasteiger partial charge >= 0.3 is 6.03 Å². The summed E-state index contributed by atoms with van der Waals surface area (Å²) in [5, 5.41) is 5.22. The molecular formula is C15H15FN2OS. The molecule has 20 heavy (non-hydrogen) atoms. The van der Waals surface area contributed by atoms with Crippen molar-refractivity contribution in [2.75, 3.05) is 7.05 Å². The highest BCUT2D eigenvalue weighted by atomic mass is 32.2. The van der Waals surface area contributed by atoms with Gasteiger partial charge in [0.05, 0.1) is 0 Å². The van der Waals surface area contributed by atoms with Crippen LogP contribution in [0.15, 0.2) is 58.3 Å². The first-order valence-electron chi connectivity index (χ1n) is 6.15. The Morgan fingerprint density at radius 1 is 1.05 bits per heavy atom. The molecule has 0 saturated heterocycles. The van der Waals surface area contributed by atoms with E-state index in [2.05, 4.69) is 10.6 Å². The molecule has 0 unspecified atom stereocenters. The molecule has 2 N–H and O–H groups in total. The Morgan fingerprint density at radius 3 is 2.15 bits per heavy atom. The van der Waals surface area contributed by atoms with Gasteiger partial charge in [-0.25, -0.2) is 9.18 Å². The van der Waals surface area contributed by atoms with Crippen LogP contribution in [0, 0.1) is 5.82 Å². The fourth-order valence-electron chi connectivity index (χ4n) is 1.58. The fourth-order valence-corrected chi connectivity index (χ4v) is 2.40. The minimum atomic E-state index is -0.232. The molecule has 104 valence electrons. The van der Waals surface area contributed by atoms with Gasteiger partial charge in [-0.05, 0) is 42.0 Å². The lowest BCUT2D eigenvalue weighted by molar-refractivity contribution is 0.242. The van der Waals surface area contributed by atoms with Gasteiger partial charge in [-0.3, -0.25) is 0 Å². The number of amides is 2. The molecule has 2 aromatic carbocycles. The fraction of sp³-hybridized carbons (Fsp3) is 0.133. The zero-order valence-electron chi connectivity index (χ0n) is 11.0. The number of halogens is 1. The number of nitrogens with one attached hydrogen (secondary N) is 2. The second-order valence-corrected chi connectivity index (χ2v) is 5.28. The topological polar surface area (TPSA) is 41.1 Å². The Labute approximate surface area is 121 Å². The predicted molar refractivity (Wildman–Crippen MR) is 78.3 cm³/mol. The van der Waals surface area contributed by atoms with Gasteiger partial charge in [0.15, 0.2) is 0 Å². The van der Waals surface area contributed by atoms with E-state index in [4.69, 9.17) is 0 Å². The summed E-state index contributed by atoms with van der Waals surface area (Å²) in [6.07, 6.45) is 0. The number of rotatable bonds is 4. The van der Waals surface area contributed by atoms with Crippen LogP contribution in [0.3, 0.4) is 0 Å². The molecular weight excluding hydrogens is 275 g/mol. The molecule has 0 aliphatic heterocycles. The Morgan fingerprint density at radius 2 is 1.60 bits per heavy atom. The zero-order chi connectivity index (χ0) is 14.4. The van der Waals surface area contributed by atoms with Crippen LogP contribution in [-0.4, -0.2) is 13.1 Å². The summed E-state index contributed by atoms with van der Waals surface area (Å²) in [5.74, 6) is -0.232. The standard InChI is InChI=1S/C15H15FN2OS/c1-17-15(19)18-10-11-2-6-13(7-3-11)20-14-8-4-12(16)5-9-14/h2-9H,10H2,1H3,(H2,17,18,19). The maximum Gasteiger partial charge on any atom is 0.314 e. The Bertz CT molecular complexity index is 569. The lowest BCUT2D eigenvalue weighted by Crippen LogP contribution is -2.32. The van der Waals surface area contributed by atoms with Crippen LogP contribution in [0.5, 0.6) is 0 Å². The number of carbonyl (C=O) groups excluding carboxylic acids is 1. The largest absolute Gasteiger partial charge is 0.341 e. The van der Waals surface area contributed by atoms with Crippen LogP contribution in [0.1, 0.15) is 5.56 Å². The van der Waals surface area contributed by atoms with Crippen molar-refractivity contribution >= 4 is 17.8 Å². The molecule has 0 saturated carbocycles. The van der Waals surface area contributed by atoms with Gasteiger partial charge in [0.25, 0.3) is 0 Å². The summed E-state index contributed by atoms with van der Waals surface area (Å²) < 4.78 is 12.8. The Balaban J connectivity index is 1.94. The van der Waals surface area contributed by atoms with E-state index in [-0.39, 0.29) is 11.8 Å². The second-order valence-electron chi connectivity index (χ2n) is 4.13. The molecule has 0 atom stereocenters. The molecule has 0 radical (unpaired) electrons. The quantitative estimate of drug-likeness (QED) is 0.906. The molecule has 0 fully saturated rings. The normalized spacial score (nSPS) is 10.1. The molecule has 0 spiro atoms. The van der Waals surface area contributed by atoms with E-state index in [1.807, 2.05) is 24.3 Å². The van der Waals surface area contributed by atoms with E-state index in [0.717, 1.165) is 15.4 Å². The third kappa shape index (κ3) is 4.28. The van der Waals surface area contributed by atoms with Crippen LogP contribution in [0.25, 0.3) is 0 Å². The van der Waals surface area contributed by atoms with Crippen molar-refractivity contribution in [1.82, 2.24) is 10.6 Å². The number of urea groups is 1. The average Bonchev–Trinajstić information content (AvgIpc) is 2.48. The highest BCUT2D eigenvalue weighted by Gasteiger charge is 2.00. The summed E-state index contributed by atoms with van der Waals surface area (Å²) in [4.78, 5) is 13.1. The van der Waals surface area contributed by atoms with E-state index < -0.39 is 0 Å². The maximum absolute atomic E-state index is 12.8. The zero-order valence-corrected chi connectivity index (χ0v) is 11.8. The summed E-state index contributed by atoms with van der Waals surface area (Å²) in [6.45, 7) is 0.487. The third-order valence-electron chi connectivity index (χ3n) is 2.65. The lowest BCUT2D eigenvalue weighted by atomic mass is 10.2. The van der Waals surface area contributed by atoms with Crippen molar-refractivity contribution in [3.05, 3.63) is 59.9 Å². The summed E-state index contributed by atoms with van der Waals surface area (Å²) >= 11 is 1.57. The SMILES string of the molecule is CNC(=O)NCc1ccc(Sc2ccc(F)cc2)cc1. The highest BCUT2D eigenvalue weighted by molar-refractivity contribution is 7.99. The maximum atomic E-state index is 12.8. The molecule has 2 amide bonds. The van der Waals surface area contributed by atoms with Crippen LogP contribution in [-0.2, 0) is 6.54 Å². The smallest absolute Gasteiger partial charge is 0.314 e. The van der Waals surface area contributed by atoms with Gasteiger partial charge < -0.3 is 10.6 Å². The summed E-state index contributed by atoms with van der Waals surface area (Å²) in [5.41, 5.74) is 1.03. The average molecular weight is 290 g/mol.